The van der Waals surface area contributed by atoms with Gasteiger partial charge in [-0.3, -0.25) is 14.3 Å². The van der Waals surface area contributed by atoms with Gasteiger partial charge in [0.05, 0.1) is 0 Å². The predicted octanol–water partition coefficient (Wildman–Crippen LogP) is 0.425. The highest BCUT2D eigenvalue weighted by Crippen LogP contribution is 2.14. The van der Waals surface area contributed by atoms with E-state index >= 15 is 0 Å². The van der Waals surface area contributed by atoms with E-state index < -0.39 is 11.2 Å². The molecule has 0 saturated carbocycles. The first-order chi connectivity index (χ1) is 10.0. The Bertz CT molecular complexity index is 586. The lowest BCUT2D eigenvalue weighted by Crippen LogP contribution is -2.38. The molecule has 0 aliphatic carbocycles. The molecule has 7 heteroatoms. The fourth-order valence-electron chi connectivity index (χ4n) is 2.82. The van der Waals surface area contributed by atoms with Crippen molar-refractivity contribution in [2.75, 3.05) is 30.7 Å². The van der Waals surface area contributed by atoms with Gasteiger partial charge in [-0.2, -0.15) is 0 Å². The van der Waals surface area contributed by atoms with Gasteiger partial charge in [-0.25, -0.2) is 4.79 Å². The number of hydrogen-bond acceptors (Lipinski definition) is 5. The highest BCUT2D eigenvalue weighted by molar-refractivity contribution is 5.60. The SMILES string of the molecule is CCCn1c(N)c(NC(C)CN2CCCC2)c(=O)[nH]c1=O. The Hall–Kier alpha value is -1.76. The van der Waals surface area contributed by atoms with Crippen LogP contribution in [0.1, 0.15) is 33.1 Å². The molecule has 21 heavy (non-hydrogen) atoms. The summed E-state index contributed by atoms with van der Waals surface area (Å²) in [7, 11) is 0. The summed E-state index contributed by atoms with van der Waals surface area (Å²) in [5, 5.41) is 3.16. The second-order valence-electron chi connectivity index (χ2n) is 5.72. The standard InChI is InChI=1S/C14H25N5O2/c1-3-6-19-12(15)11(13(20)17-14(19)21)16-10(2)9-18-7-4-5-8-18/h10,16H,3-9,15H2,1-2H3,(H,17,20,21). The quantitative estimate of drug-likeness (QED) is 0.707. The summed E-state index contributed by atoms with van der Waals surface area (Å²) in [6, 6.07) is 0.0964. The third-order valence-corrected chi connectivity index (χ3v) is 3.81. The van der Waals surface area contributed by atoms with Crippen LogP contribution in [0.15, 0.2) is 9.59 Å². The Labute approximate surface area is 124 Å². The number of anilines is 2. The van der Waals surface area contributed by atoms with Gasteiger partial charge in [-0.15, -0.1) is 0 Å². The van der Waals surface area contributed by atoms with Crippen LogP contribution in [0, 0.1) is 0 Å². The van der Waals surface area contributed by atoms with E-state index in [0.29, 0.717) is 12.2 Å². The van der Waals surface area contributed by atoms with Gasteiger partial charge in [-0.05, 0) is 39.3 Å². The summed E-state index contributed by atoms with van der Waals surface area (Å²) in [5.74, 6) is 0.221. The molecule has 1 aromatic heterocycles. The van der Waals surface area contributed by atoms with Crippen molar-refractivity contribution in [3.63, 3.8) is 0 Å². The van der Waals surface area contributed by atoms with Gasteiger partial charge in [0, 0.05) is 19.1 Å². The molecule has 2 heterocycles. The Balaban J connectivity index is 2.16. The van der Waals surface area contributed by atoms with Crippen molar-refractivity contribution in [1.82, 2.24) is 14.5 Å². The van der Waals surface area contributed by atoms with Crippen LogP contribution < -0.4 is 22.3 Å². The first-order valence-corrected chi connectivity index (χ1v) is 7.64. The summed E-state index contributed by atoms with van der Waals surface area (Å²) in [4.78, 5) is 28.4. The van der Waals surface area contributed by atoms with Crippen molar-refractivity contribution < 1.29 is 0 Å². The molecule has 0 aromatic carbocycles. The molecular weight excluding hydrogens is 270 g/mol. The van der Waals surface area contributed by atoms with Crippen LogP contribution in [-0.2, 0) is 6.54 Å². The predicted molar refractivity (Wildman–Crippen MR) is 84.8 cm³/mol. The Morgan fingerprint density at radius 3 is 2.62 bits per heavy atom. The highest BCUT2D eigenvalue weighted by Gasteiger charge is 2.17. The van der Waals surface area contributed by atoms with E-state index in [-0.39, 0.29) is 11.9 Å². The lowest BCUT2D eigenvalue weighted by atomic mass is 10.3. The first-order valence-electron chi connectivity index (χ1n) is 7.64. The Kier molecular flexibility index (Phi) is 5.06. The van der Waals surface area contributed by atoms with E-state index in [1.807, 2.05) is 13.8 Å². The molecule has 1 fully saturated rings. The molecule has 2 rings (SSSR count). The summed E-state index contributed by atoms with van der Waals surface area (Å²) < 4.78 is 1.41. The number of aromatic nitrogens is 2. The molecule has 1 unspecified atom stereocenters. The minimum atomic E-state index is -0.447. The normalized spacial score (nSPS) is 17.0. The van der Waals surface area contributed by atoms with E-state index in [1.165, 1.54) is 17.4 Å². The van der Waals surface area contributed by atoms with Crippen LogP contribution in [0.25, 0.3) is 0 Å². The second-order valence-corrected chi connectivity index (χ2v) is 5.72. The molecule has 1 aliphatic heterocycles. The number of H-pyrrole nitrogens is 1. The fourth-order valence-corrected chi connectivity index (χ4v) is 2.82. The smallest absolute Gasteiger partial charge is 0.330 e. The lowest BCUT2D eigenvalue weighted by molar-refractivity contribution is 0.328. The van der Waals surface area contributed by atoms with Crippen LogP contribution in [0.5, 0.6) is 0 Å². The number of hydrogen-bond donors (Lipinski definition) is 3. The van der Waals surface area contributed by atoms with E-state index in [9.17, 15) is 9.59 Å². The van der Waals surface area contributed by atoms with Crippen LogP contribution in [0.3, 0.4) is 0 Å². The monoisotopic (exact) mass is 295 g/mol. The summed E-state index contributed by atoms with van der Waals surface area (Å²) in [5.41, 5.74) is 5.40. The number of rotatable bonds is 6. The molecule has 1 aliphatic rings. The lowest BCUT2D eigenvalue weighted by Gasteiger charge is -2.22. The van der Waals surface area contributed by atoms with Gasteiger partial charge in [0.25, 0.3) is 5.56 Å². The topological polar surface area (TPSA) is 96.2 Å². The summed E-state index contributed by atoms with van der Waals surface area (Å²) in [6.45, 7) is 7.55. The number of nitrogen functional groups attached to an aromatic ring is 1. The third kappa shape index (κ3) is 3.66. The molecular formula is C14H25N5O2. The van der Waals surface area contributed by atoms with Crippen LogP contribution >= 0.6 is 0 Å². The molecule has 118 valence electrons. The van der Waals surface area contributed by atoms with Gasteiger partial charge in [0.15, 0.2) is 0 Å². The average molecular weight is 295 g/mol. The van der Waals surface area contributed by atoms with E-state index in [4.69, 9.17) is 5.73 Å². The highest BCUT2D eigenvalue weighted by atomic mass is 16.2. The van der Waals surface area contributed by atoms with Crippen LogP contribution in [0.4, 0.5) is 11.5 Å². The molecule has 0 radical (unpaired) electrons. The molecule has 1 saturated heterocycles. The zero-order valence-corrected chi connectivity index (χ0v) is 12.8. The fraction of sp³-hybridized carbons (Fsp3) is 0.714. The zero-order chi connectivity index (χ0) is 15.4. The number of likely N-dealkylation sites (tertiary alicyclic amines) is 1. The summed E-state index contributed by atoms with van der Waals surface area (Å²) in [6.07, 6.45) is 3.24. The Morgan fingerprint density at radius 1 is 1.33 bits per heavy atom. The number of nitrogens with one attached hydrogen (secondary N) is 2. The van der Waals surface area contributed by atoms with E-state index in [2.05, 4.69) is 15.2 Å². The number of aromatic amines is 1. The van der Waals surface area contributed by atoms with Crippen molar-refractivity contribution in [1.29, 1.82) is 0 Å². The van der Waals surface area contributed by atoms with Crippen LogP contribution in [0.2, 0.25) is 0 Å². The zero-order valence-electron chi connectivity index (χ0n) is 12.8. The van der Waals surface area contributed by atoms with E-state index in [1.54, 1.807) is 0 Å². The van der Waals surface area contributed by atoms with E-state index in [0.717, 1.165) is 26.1 Å². The largest absolute Gasteiger partial charge is 0.383 e. The van der Waals surface area contributed by atoms with Crippen molar-refractivity contribution in [3.8, 4) is 0 Å². The van der Waals surface area contributed by atoms with Gasteiger partial charge in [-0.1, -0.05) is 6.92 Å². The van der Waals surface area contributed by atoms with Gasteiger partial charge in [0.2, 0.25) is 0 Å². The van der Waals surface area contributed by atoms with Crippen molar-refractivity contribution in [3.05, 3.63) is 20.8 Å². The molecule has 7 nitrogen and oxygen atoms in total. The van der Waals surface area contributed by atoms with Gasteiger partial charge >= 0.3 is 5.69 Å². The average Bonchev–Trinajstić information content (AvgIpc) is 2.92. The van der Waals surface area contributed by atoms with Crippen LogP contribution in [-0.4, -0.2) is 40.1 Å². The molecule has 0 amide bonds. The molecule has 0 bridgehead atoms. The van der Waals surface area contributed by atoms with Crippen molar-refractivity contribution in [2.45, 2.75) is 45.7 Å². The molecule has 0 spiro atoms. The minimum absolute atomic E-state index is 0.0964. The van der Waals surface area contributed by atoms with Crippen molar-refractivity contribution in [2.24, 2.45) is 0 Å². The summed E-state index contributed by atoms with van der Waals surface area (Å²) >= 11 is 0. The maximum Gasteiger partial charge on any atom is 0.330 e. The Morgan fingerprint density at radius 2 is 2.00 bits per heavy atom. The van der Waals surface area contributed by atoms with Crippen molar-refractivity contribution >= 4 is 11.5 Å². The molecule has 4 N–H and O–H groups in total. The second kappa shape index (κ2) is 6.80. The molecule has 1 atom stereocenters. The first kappa shape index (κ1) is 15.6. The van der Waals surface area contributed by atoms with Gasteiger partial charge in [0.1, 0.15) is 11.5 Å². The number of nitrogens with zero attached hydrogens (tertiary/aromatic N) is 2. The minimum Gasteiger partial charge on any atom is -0.383 e. The van der Waals surface area contributed by atoms with Gasteiger partial charge < -0.3 is 16.0 Å². The number of nitrogens with two attached hydrogens (primary N) is 1. The molecule has 1 aromatic rings. The maximum absolute atomic E-state index is 12.0. The third-order valence-electron chi connectivity index (χ3n) is 3.81. The maximum atomic E-state index is 12.0.